The summed E-state index contributed by atoms with van der Waals surface area (Å²) < 4.78 is 14.1. The number of nitrogens with zero attached hydrogens (tertiary/aromatic N) is 5. The lowest BCUT2D eigenvalue weighted by atomic mass is 9.91. The third-order valence-corrected chi connectivity index (χ3v) is 7.50. The van der Waals surface area contributed by atoms with Crippen molar-refractivity contribution in [3.63, 3.8) is 0 Å². The maximum atomic E-state index is 14.1. The van der Waals surface area contributed by atoms with Crippen LogP contribution in [0.5, 0.6) is 0 Å². The van der Waals surface area contributed by atoms with E-state index in [-0.39, 0.29) is 17.9 Å². The lowest BCUT2D eigenvalue weighted by Crippen LogP contribution is -2.52. The Morgan fingerprint density at radius 1 is 1.09 bits per heavy atom. The summed E-state index contributed by atoms with van der Waals surface area (Å²) in [6.07, 6.45) is 7.35. The predicted molar refractivity (Wildman–Crippen MR) is 123 cm³/mol. The van der Waals surface area contributed by atoms with E-state index in [1.165, 1.54) is 25.3 Å². The molecule has 6 nitrogen and oxygen atoms in total. The summed E-state index contributed by atoms with van der Waals surface area (Å²) in [7, 11) is 0. The topological polar surface area (TPSA) is 52.6 Å². The van der Waals surface area contributed by atoms with Crippen molar-refractivity contribution in [2.45, 2.75) is 44.6 Å². The Kier molecular flexibility index (Phi) is 6.28. The van der Waals surface area contributed by atoms with Gasteiger partial charge < -0.3 is 9.80 Å². The van der Waals surface area contributed by atoms with Gasteiger partial charge in [-0.15, -0.1) is 0 Å². The van der Waals surface area contributed by atoms with E-state index in [1.807, 2.05) is 6.20 Å². The van der Waals surface area contributed by atoms with E-state index in [0.29, 0.717) is 31.0 Å². The molecule has 3 heterocycles. The SMILES string of the molecule is O=C(Cc1c(F)cccc1Cl)N1CCc2cnc(N3CCN(C4CCC4)CC3)nc2CC1. The first-order chi connectivity index (χ1) is 15.6. The fraction of sp³-hybridized carbons (Fsp3) is 0.542. The number of piperazine rings is 1. The average Bonchev–Trinajstić information content (AvgIpc) is 2.98. The highest BCUT2D eigenvalue weighted by Gasteiger charge is 2.29. The number of amides is 1. The molecule has 8 heteroatoms. The van der Waals surface area contributed by atoms with Crippen LogP contribution in [0.25, 0.3) is 0 Å². The number of rotatable bonds is 4. The maximum absolute atomic E-state index is 14.1. The lowest BCUT2D eigenvalue weighted by Gasteiger charge is -2.43. The van der Waals surface area contributed by atoms with Crippen molar-refractivity contribution in [3.8, 4) is 0 Å². The molecule has 5 rings (SSSR count). The minimum absolute atomic E-state index is 0.0238. The van der Waals surface area contributed by atoms with Crippen molar-refractivity contribution in [1.82, 2.24) is 19.8 Å². The van der Waals surface area contributed by atoms with Crippen molar-refractivity contribution < 1.29 is 9.18 Å². The van der Waals surface area contributed by atoms with Gasteiger partial charge in [0.05, 0.1) is 12.1 Å². The number of hydrogen-bond acceptors (Lipinski definition) is 5. The largest absolute Gasteiger partial charge is 0.342 e. The number of anilines is 1. The van der Waals surface area contributed by atoms with Gasteiger partial charge in [-0.1, -0.05) is 24.1 Å². The zero-order valence-corrected chi connectivity index (χ0v) is 19.0. The van der Waals surface area contributed by atoms with Crippen LogP contribution in [0.3, 0.4) is 0 Å². The molecular weight excluding hydrogens is 429 g/mol. The van der Waals surface area contributed by atoms with Crippen LogP contribution in [0, 0.1) is 5.82 Å². The Morgan fingerprint density at radius 3 is 2.59 bits per heavy atom. The van der Waals surface area contributed by atoms with Crippen LogP contribution in [-0.2, 0) is 24.1 Å². The Morgan fingerprint density at radius 2 is 1.88 bits per heavy atom. The van der Waals surface area contributed by atoms with Crippen molar-refractivity contribution in [2.75, 3.05) is 44.2 Å². The molecule has 1 aromatic carbocycles. The molecule has 1 saturated carbocycles. The van der Waals surface area contributed by atoms with Gasteiger partial charge in [0, 0.05) is 68.5 Å². The van der Waals surface area contributed by atoms with E-state index in [2.05, 4.69) is 14.8 Å². The summed E-state index contributed by atoms with van der Waals surface area (Å²) in [4.78, 5) is 29.1. The molecule has 0 N–H and O–H groups in total. The second kappa shape index (κ2) is 9.32. The normalized spacial score (nSPS) is 19.9. The van der Waals surface area contributed by atoms with Crippen LogP contribution >= 0.6 is 11.6 Å². The van der Waals surface area contributed by atoms with Crippen LogP contribution in [-0.4, -0.2) is 71.0 Å². The molecule has 0 unspecified atom stereocenters. The van der Waals surface area contributed by atoms with Crippen LogP contribution < -0.4 is 4.90 Å². The van der Waals surface area contributed by atoms with E-state index >= 15 is 0 Å². The molecule has 170 valence electrons. The van der Waals surface area contributed by atoms with Gasteiger partial charge >= 0.3 is 0 Å². The summed E-state index contributed by atoms with van der Waals surface area (Å²) in [6, 6.07) is 5.30. The standard InChI is InChI=1S/C24H29ClFN5O/c25-20-5-2-6-21(26)19(20)15-23(32)30-9-7-17-16-27-24(28-22(17)8-10-30)31-13-11-29(12-14-31)18-3-1-4-18/h2,5-6,16,18H,1,3-4,7-15H2. The van der Waals surface area contributed by atoms with Crippen LogP contribution in [0.2, 0.25) is 5.02 Å². The first kappa shape index (κ1) is 21.6. The van der Waals surface area contributed by atoms with Crippen molar-refractivity contribution >= 4 is 23.5 Å². The molecule has 0 radical (unpaired) electrons. The molecule has 0 spiro atoms. The molecule has 0 bridgehead atoms. The zero-order valence-electron chi connectivity index (χ0n) is 18.3. The summed E-state index contributed by atoms with van der Waals surface area (Å²) in [5, 5.41) is 0.296. The minimum atomic E-state index is -0.433. The van der Waals surface area contributed by atoms with Crippen LogP contribution in [0.1, 0.15) is 36.1 Å². The Labute approximate surface area is 193 Å². The smallest absolute Gasteiger partial charge is 0.227 e. The van der Waals surface area contributed by atoms with E-state index < -0.39 is 5.82 Å². The lowest BCUT2D eigenvalue weighted by molar-refractivity contribution is -0.130. The van der Waals surface area contributed by atoms with E-state index in [9.17, 15) is 9.18 Å². The maximum Gasteiger partial charge on any atom is 0.227 e. The zero-order chi connectivity index (χ0) is 22.1. The predicted octanol–water partition coefficient (Wildman–Crippen LogP) is 3.11. The molecule has 1 saturated heterocycles. The Hall–Kier alpha value is -2.25. The van der Waals surface area contributed by atoms with Crippen LogP contribution in [0.4, 0.5) is 10.3 Å². The number of aromatic nitrogens is 2. The van der Waals surface area contributed by atoms with E-state index in [1.54, 1.807) is 17.0 Å². The number of hydrogen-bond donors (Lipinski definition) is 0. The van der Waals surface area contributed by atoms with Gasteiger partial charge in [0.25, 0.3) is 0 Å². The summed E-state index contributed by atoms with van der Waals surface area (Å²) in [6.45, 7) is 5.23. The molecule has 1 aliphatic carbocycles. The number of carbonyl (C=O) groups is 1. The quantitative estimate of drug-likeness (QED) is 0.706. The molecule has 3 aliphatic rings. The molecule has 2 aliphatic heterocycles. The number of fused-ring (bicyclic) bond motifs is 1. The number of benzene rings is 1. The third-order valence-electron chi connectivity index (χ3n) is 7.14. The molecule has 0 atom stereocenters. The Bertz CT molecular complexity index is 970. The highest BCUT2D eigenvalue weighted by molar-refractivity contribution is 6.31. The highest BCUT2D eigenvalue weighted by Crippen LogP contribution is 2.27. The van der Waals surface area contributed by atoms with Gasteiger partial charge in [-0.05, 0) is 37.0 Å². The molecular formula is C24H29ClFN5O. The van der Waals surface area contributed by atoms with Crippen molar-refractivity contribution in [1.29, 1.82) is 0 Å². The summed E-state index contributed by atoms with van der Waals surface area (Å²) in [5.41, 5.74) is 2.39. The first-order valence-corrected chi connectivity index (χ1v) is 12.0. The molecule has 1 aromatic heterocycles. The van der Waals surface area contributed by atoms with Gasteiger partial charge in [-0.2, -0.15) is 0 Å². The number of halogens is 2. The Balaban J connectivity index is 1.21. The first-order valence-electron chi connectivity index (χ1n) is 11.6. The van der Waals surface area contributed by atoms with Gasteiger partial charge in [0.2, 0.25) is 11.9 Å². The number of carbonyl (C=O) groups excluding carboxylic acids is 1. The second-order valence-electron chi connectivity index (χ2n) is 9.01. The second-order valence-corrected chi connectivity index (χ2v) is 9.41. The molecule has 2 fully saturated rings. The third kappa shape index (κ3) is 4.46. The van der Waals surface area contributed by atoms with E-state index in [0.717, 1.165) is 49.4 Å². The van der Waals surface area contributed by atoms with Crippen molar-refractivity contribution in [2.24, 2.45) is 0 Å². The van der Waals surface area contributed by atoms with Crippen LogP contribution in [0.15, 0.2) is 24.4 Å². The van der Waals surface area contributed by atoms with Gasteiger partial charge in [0.1, 0.15) is 5.82 Å². The molecule has 32 heavy (non-hydrogen) atoms. The molecule has 2 aromatic rings. The summed E-state index contributed by atoms with van der Waals surface area (Å²) in [5.74, 6) is 0.261. The average molecular weight is 458 g/mol. The van der Waals surface area contributed by atoms with Crippen molar-refractivity contribution in [3.05, 3.63) is 52.1 Å². The fourth-order valence-corrected chi connectivity index (χ4v) is 5.10. The minimum Gasteiger partial charge on any atom is -0.342 e. The van der Waals surface area contributed by atoms with Gasteiger partial charge in [-0.25, -0.2) is 14.4 Å². The van der Waals surface area contributed by atoms with Gasteiger partial charge in [0.15, 0.2) is 0 Å². The highest BCUT2D eigenvalue weighted by atomic mass is 35.5. The van der Waals surface area contributed by atoms with E-state index in [4.69, 9.17) is 16.6 Å². The monoisotopic (exact) mass is 457 g/mol. The fourth-order valence-electron chi connectivity index (χ4n) is 4.87. The summed E-state index contributed by atoms with van der Waals surface area (Å²) >= 11 is 6.11. The van der Waals surface area contributed by atoms with Gasteiger partial charge in [-0.3, -0.25) is 9.69 Å². The molecule has 1 amide bonds.